The highest BCUT2D eigenvalue weighted by Crippen LogP contribution is 2.34. The first-order valence-electron chi connectivity index (χ1n) is 5.85. The maximum Gasteiger partial charge on any atom is 0.151 e. The third-order valence-electron chi connectivity index (χ3n) is 2.87. The van der Waals surface area contributed by atoms with Crippen molar-refractivity contribution in [2.75, 3.05) is 0 Å². The molecule has 3 nitrogen and oxygen atoms in total. The van der Waals surface area contributed by atoms with Crippen LogP contribution in [0.5, 0.6) is 0 Å². The van der Waals surface area contributed by atoms with Crippen LogP contribution in [0.4, 0.5) is 0 Å². The molecule has 0 saturated carbocycles. The maximum absolute atomic E-state index is 11.0. The number of para-hydroxylation sites is 1. The van der Waals surface area contributed by atoms with E-state index in [9.17, 15) is 9.90 Å². The van der Waals surface area contributed by atoms with Gasteiger partial charge in [-0.2, -0.15) is 0 Å². The second-order valence-corrected chi connectivity index (χ2v) is 6.76. The summed E-state index contributed by atoms with van der Waals surface area (Å²) in [6.07, 6.45) is 0.585. The number of nitrogens with zero attached hydrogens (tertiary/aromatic N) is 1. The number of carbonyl (C=O) groups excluding carboxylic acids is 1. The van der Waals surface area contributed by atoms with Crippen LogP contribution in [0.3, 0.4) is 0 Å². The van der Waals surface area contributed by atoms with Gasteiger partial charge in [0.2, 0.25) is 0 Å². The minimum absolute atomic E-state index is 0.0273. The summed E-state index contributed by atoms with van der Waals surface area (Å²) in [7, 11) is 0. The van der Waals surface area contributed by atoms with Crippen molar-refractivity contribution in [2.24, 2.45) is 5.92 Å². The quantitative estimate of drug-likeness (QED) is 0.790. The van der Waals surface area contributed by atoms with Gasteiger partial charge in [-0.1, -0.05) is 37.7 Å². The number of hydrogen-bond acceptors (Lipinski definition) is 5. The normalized spacial score (nSPS) is 14.6. The summed E-state index contributed by atoms with van der Waals surface area (Å²) < 4.78 is 2.05. The summed E-state index contributed by atoms with van der Waals surface area (Å²) in [5, 5.41) is 11.0. The lowest BCUT2D eigenvalue weighted by Crippen LogP contribution is -2.35. The number of hydrogen-bond donors (Lipinski definition) is 0. The molecule has 0 fully saturated rings. The molecule has 2 unspecified atom stereocenters. The summed E-state index contributed by atoms with van der Waals surface area (Å²) in [5.74, 6) is -1.40. The van der Waals surface area contributed by atoms with Crippen LogP contribution >= 0.6 is 23.1 Å². The predicted octanol–water partition coefficient (Wildman–Crippen LogP) is 2.55. The molecule has 2 atom stereocenters. The summed E-state index contributed by atoms with van der Waals surface area (Å²) >= 11 is 3.12. The number of rotatable bonds is 5. The third-order valence-corrected chi connectivity index (χ3v) is 5.23. The number of aromatic nitrogens is 1. The van der Waals surface area contributed by atoms with Crippen LogP contribution in [0.2, 0.25) is 0 Å². The van der Waals surface area contributed by atoms with Crippen LogP contribution in [-0.4, -0.2) is 16.2 Å². The molecule has 0 radical (unpaired) electrons. The van der Waals surface area contributed by atoms with Crippen molar-refractivity contribution >= 4 is 39.3 Å². The van der Waals surface area contributed by atoms with Crippen molar-refractivity contribution in [2.45, 2.75) is 29.9 Å². The minimum atomic E-state index is -0.974. The summed E-state index contributed by atoms with van der Waals surface area (Å²) in [4.78, 5) is 15.5. The number of benzene rings is 1. The van der Waals surface area contributed by atoms with Gasteiger partial charge in [-0.3, -0.25) is 0 Å². The molecule has 0 spiro atoms. The average molecular weight is 280 g/mol. The van der Waals surface area contributed by atoms with Crippen molar-refractivity contribution in [3.8, 4) is 0 Å². The second-order valence-electron chi connectivity index (χ2n) is 4.10. The zero-order valence-corrected chi connectivity index (χ0v) is 11.9. The van der Waals surface area contributed by atoms with Crippen molar-refractivity contribution < 1.29 is 9.90 Å². The van der Waals surface area contributed by atoms with Crippen LogP contribution in [0.15, 0.2) is 28.6 Å². The molecule has 0 N–H and O–H groups in total. The molecule has 5 heteroatoms. The van der Waals surface area contributed by atoms with Gasteiger partial charge in [0.1, 0.15) is 0 Å². The van der Waals surface area contributed by atoms with E-state index in [1.807, 2.05) is 38.1 Å². The van der Waals surface area contributed by atoms with Crippen LogP contribution < -0.4 is 5.11 Å². The lowest BCUT2D eigenvalue weighted by atomic mass is 10.0. The fourth-order valence-electron chi connectivity index (χ4n) is 1.83. The van der Waals surface area contributed by atoms with Gasteiger partial charge in [0.25, 0.3) is 0 Å². The average Bonchev–Trinajstić information content (AvgIpc) is 2.71. The first kappa shape index (κ1) is 13.4. The van der Waals surface area contributed by atoms with Crippen molar-refractivity contribution in [3.63, 3.8) is 0 Å². The largest absolute Gasteiger partial charge is 0.550 e. The molecule has 1 aromatic carbocycles. The number of fused-ring (bicyclic) bond motifs is 1. The number of carboxylic acids is 1. The number of aliphatic carboxylic acids is 1. The number of thioether (sulfide) groups is 1. The molecule has 0 aliphatic carbocycles. The van der Waals surface area contributed by atoms with Crippen LogP contribution in [0.25, 0.3) is 10.2 Å². The third kappa shape index (κ3) is 2.84. The first-order valence-corrected chi connectivity index (χ1v) is 7.54. The Bertz CT molecular complexity index is 520. The molecule has 1 aromatic heterocycles. The highest BCUT2D eigenvalue weighted by atomic mass is 32.2. The van der Waals surface area contributed by atoms with Crippen LogP contribution in [-0.2, 0) is 4.79 Å². The standard InChI is InChI=1S/C13H15NO2S2/c1-3-9(12(15)16)8(2)17-13-14-10-6-4-5-7-11(10)18-13/h4-9H,3H2,1-2H3,(H,15,16)/p-1. The van der Waals surface area contributed by atoms with E-state index in [2.05, 4.69) is 4.98 Å². The van der Waals surface area contributed by atoms with E-state index in [-0.39, 0.29) is 5.25 Å². The molecule has 2 rings (SSSR count). The van der Waals surface area contributed by atoms with Crippen LogP contribution in [0.1, 0.15) is 20.3 Å². The smallest absolute Gasteiger partial charge is 0.151 e. The van der Waals surface area contributed by atoms with E-state index in [1.165, 1.54) is 11.8 Å². The summed E-state index contributed by atoms with van der Waals surface area (Å²) in [5.41, 5.74) is 0.971. The monoisotopic (exact) mass is 280 g/mol. The van der Waals surface area contributed by atoms with Gasteiger partial charge in [0.15, 0.2) is 4.34 Å². The molecule has 0 saturated heterocycles. The lowest BCUT2D eigenvalue weighted by Gasteiger charge is -2.21. The molecule has 18 heavy (non-hydrogen) atoms. The number of thiazole rings is 1. The van der Waals surface area contributed by atoms with Gasteiger partial charge in [-0.25, -0.2) is 4.98 Å². The SMILES string of the molecule is CCC(C(=O)[O-])C(C)Sc1nc2ccccc2s1. The van der Waals surface area contributed by atoms with Gasteiger partial charge in [0.05, 0.1) is 10.2 Å². The van der Waals surface area contributed by atoms with Crippen LogP contribution in [0, 0.1) is 5.92 Å². The Balaban J connectivity index is 2.15. The molecule has 1 heterocycles. The van der Waals surface area contributed by atoms with Gasteiger partial charge in [-0.05, 0) is 18.6 Å². The second kappa shape index (κ2) is 5.71. The Kier molecular flexibility index (Phi) is 4.24. The Morgan fingerprint density at radius 2 is 2.22 bits per heavy atom. The van der Waals surface area contributed by atoms with Gasteiger partial charge >= 0.3 is 0 Å². The molecular formula is C13H14NO2S2-. The van der Waals surface area contributed by atoms with Gasteiger partial charge in [-0.15, -0.1) is 11.3 Å². The maximum atomic E-state index is 11.0. The fourth-order valence-corrected chi connectivity index (χ4v) is 4.38. The fraction of sp³-hybridized carbons (Fsp3) is 0.385. The molecule has 0 aliphatic rings. The van der Waals surface area contributed by atoms with E-state index in [0.29, 0.717) is 6.42 Å². The molecular weight excluding hydrogens is 266 g/mol. The number of carbonyl (C=O) groups is 1. The molecule has 0 bridgehead atoms. The zero-order chi connectivity index (χ0) is 13.1. The summed E-state index contributed by atoms with van der Waals surface area (Å²) in [6, 6.07) is 7.93. The van der Waals surface area contributed by atoms with Gasteiger partial charge in [0, 0.05) is 17.1 Å². The molecule has 2 aromatic rings. The zero-order valence-electron chi connectivity index (χ0n) is 10.3. The van der Waals surface area contributed by atoms with Crippen molar-refractivity contribution in [3.05, 3.63) is 24.3 Å². The molecule has 0 amide bonds. The molecule has 96 valence electrons. The van der Waals surface area contributed by atoms with E-state index < -0.39 is 11.9 Å². The van der Waals surface area contributed by atoms with E-state index in [4.69, 9.17) is 0 Å². The van der Waals surface area contributed by atoms with Crippen molar-refractivity contribution in [1.82, 2.24) is 4.98 Å². The Hall–Kier alpha value is -1.07. The van der Waals surface area contributed by atoms with E-state index >= 15 is 0 Å². The topological polar surface area (TPSA) is 53.0 Å². The Morgan fingerprint density at radius 1 is 1.50 bits per heavy atom. The highest BCUT2D eigenvalue weighted by molar-refractivity contribution is 8.01. The Morgan fingerprint density at radius 3 is 2.83 bits per heavy atom. The predicted molar refractivity (Wildman–Crippen MR) is 73.7 cm³/mol. The summed E-state index contributed by atoms with van der Waals surface area (Å²) in [6.45, 7) is 3.79. The minimum Gasteiger partial charge on any atom is -0.550 e. The Labute approximate surface area is 114 Å². The highest BCUT2D eigenvalue weighted by Gasteiger charge is 2.19. The van der Waals surface area contributed by atoms with Gasteiger partial charge < -0.3 is 9.90 Å². The van der Waals surface area contributed by atoms with Crippen molar-refractivity contribution in [1.29, 1.82) is 0 Å². The van der Waals surface area contributed by atoms with E-state index in [0.717, 1.165) is 14.6 Å². The number of carboxylic acid groups (broad SMARTS) is 1. The molecule has 0 aliphatic heterocycles. The van der Waals surface area contributed by atoms with E-state index in [1.54, 1.807) is 11.3 Å². The lowest BCUT2D eigenvalue weighted by molar-refractivity contribution is -0.311. The first-order chi connectivity index (χ1) is 8.61.